The van der Waals surface area contributed by atoms with Gasteiger partial charge in [0.1, 0.15) is 12.6 Å². The molecule has 1 atom stereocenters. The minimum Gasteiger partial charge on any atom is -0.354 e. The Hall–Kier alpha value is -2.29. The number of rotatable bonds is 10. The van der Waals surface area contributed by atoms with Crippen molar-refractivity contribution < 1.29 is 18.0 Å². The number of hydrogen-bond donors (Lipinski definition) is 1. The monoisotopic (exact) mass is 499 g/mol. The molecule has 0 aliphatic carbocycles. The Labute approximate surface area is 199 Å². The van der Waals surface area contributed by atoms with Gasteiger partial charge in [0.25, 0.3) is 0 Å². The second kappa shape index (κ2) is 11.5. The molecule has 0 aliphatic heterocycles. The van der Waals surface area contributed by atoms with Crippen LogP contribution in [0, 0.1) is 0 Å². The molecule has 0 fully saturated rings. The molecule has 2 aromatic carbocycles. The fourth-order valence-corrected chi connectivity index (χ4v) is 4.40. The molecule has 32 heavy (non-hydrogen) atoms. The van der Waals surface area contributed by atoms with Crippen LogP contribution in [0.15, 0.2) is 48.5 Å². The van der Waals surface area contributed by atoms with Crippen molar-refractivity contribution in [2.45, 2.75) is 32.9 Å². The largest absolute Gasteiger partial charge is 0.354 e. The number of nitrogens with one attached hydrogen (secondary N) is 1. The Balaban J connectivity index is 2.37. The number of nitrogens with zero attached hydrogens (tertiary/aromatic N) is 2. The molecule has 0 radical (unpaired) electrons. The van der Waals surface area contributed by atoms with Crippen LogP contribution in [0.25, 0.3) is 0 Å². The smallest absolute Gasteiger partial charge is 0.244 e. The molecule has 0 heterocycles. The van der Waals surface area contributed by atoms with Crippen molar-refractivity contribution in [1.29, 1.82) is 0 Å². The summed E-state index contributed by atoms with van der Waals surface area (Å²) in [5, 5.41) is 3.26. The van der Waals surface area contributed by atoms with Crippen LogP contribution in [0.5, 0.6) is 0 Å². The lowest BCUT2D eigenvalue weighted by Crippen LogP contribution is -2.51. The average molecular weight is 500 g/mol. The molecule has 1 N–H and O–H groups in total. The van der Waals surface area contributed by atoms with Crippen LogP contribution in [-0.2, 0) is 26.2 Å². The third-order valence-electron chi connectivity index (χ3n) is 4.73. The molecule has 0 bridgehead atoms. The summed E-state index contributed by atoms with van der Waals surface area (Å²) in [5.41, 5.74) is 0.980. The number of halogens is 2. The van der Waals surface area contributed by atoms with Gasteiger partial charge in [0.2, 0.25) is 21.8 Å². The van der Waals surface area contributed by atoms with E-state index >= 15 is 0 Å². The van der Waals surface area contributed by atoms with Gasteiger partial charge in [-0.1, -0.05) is 60.5 Å². The standard InChI is InChI=1S/C22H27Cl2N3O4S/c1-4-10-25-22(29)16(2)26(14-17-8-6-5-7-9-17)21(28)15-27(32(3,30)31)20-12-18(23)11-19(24)13-20/h5-9,11-13,16H,4,10,14-15H2,1-3H3,(H,25,29). The minimum atomic E-state index is -3.85. The highest BCUT2D eigenvalue weighted by Gasteiger charge is 2.30. The molecule has 174 valence electrons. The topological polar surface area (TPSA) is 86.8 Å². The molecule has 0 saturated carbocycles. The number of carbonyl (C=O) groups excluding carboxylic acids is 2. The zero-order valence-electron chi connectivity index (χ0n) is 18.2. The molecule has 2 aromatic rings. The molecule has 0 saturated heterocycles. The minimum absolute atomic E-state index is 0.147. The summed E-state index contributed by atoms with van der Waals surface area (Å²) in [4.78, 5) is 27.3. The molecule has 7 nitrogen and oxygen atoms in total. The normalized spacial score (nSPS) is 12.2. The van der Waals surface area contributed by atoms with Crippen LogP contribution in [0.4, 0.5) is 5.69 Å². The molecule has 2 amide bonds. The van der Waals surface area contributed by atoms with Crippen LogP contribution in [-0.4, -0.2) is 50.5 Å². The predicted molar refractivity (Wildman–Crippen MR) is 128 cm³/mol. The van der Waals surface area contributed by atoms with Crippen LogP contribution < -0.4 is 9.62 Å². The van der Waals surface area contributed by atoms with E-state index in [1.54, 1.807) is 6.92 Å². The highest BCUT2D eigenvalue weighted by Crippen LogP contribution is 2.27. The maximum absolute atomic E-state index is 13.3. The van der Waals surface area contributed by atoms with Gasteiger partial charge in [0, 0.05) is 23.1 Å². The van der Waals surface area contributed by atoms with E-state index in [0.717, 1.165) is 22.5 Å². The number of benzene rings is 2. The first-order valence-electron chi connectivity index (χ1n) is 10.1. The Morgan fingerprint density at radius 3 is 2.19 bits per heavy atom. The van der Waals surface area contributed by atoms with Crippen LogP contribution in [0.3, 0.4) is 0 Å². The summed E-state index contributed by atoms with van der Waals surface area (Å²) < 4.78 is 25.9. The molecule has 0 spiro atoms. The zero-order chi connectivity index (χ0) is 23.9. The second-order valence-electron chi connectivity index (χ2n) is 7.37. The van der Waals surface area contributed by atoms with Crippen LogP contribution in [0.1, 0.15) is 25.8 Å². The van der Waals surface area contributed by atoms with Crippen LogP contribution in [0.2, 0.25) is 10.0 Å². The van der Waals surface area contributed by atoms with E-state index in [-0.39, 0.29) is 28.2 Å². The van der Waals surface area contributed by atoms with Crippen molar-refractivity contribution in [3.63, 3.8) is 0 Å². The predicted octanol–water partition coefficient (Wildman–Crippen LogP) is 3.70. The van der Waals surface area contributed by atoms with E-state index < -0.39 is 28.5 Å². The van der Waals surface area contributed by atoms with Crippen molar-refractivity contribution in [1.82, 2.24) is 10.2 Å². The first-order valence-corrected chi connectivity index (χ1v) is 12.7. The second-order valence-corrected chi connectivity index (χ2v) is 10.2. The van der Waals surface area contributed by atoms with Gasteiger partial charge in [-0.15, -0.1) is 0 Å². The summed E-state index contributed by atoms with van der Waals surface area (Å²) in [6, 6.07) is 12.7. The van der Waals surface area contributed by atoms with Gasteiger partial charge >= 0.3 is 0 Å². The van der Waals surface area contributed by atoms with Gasteiger partial charge < -0.3 is 10.2 Å². The number of sulfonamides is 1. The zero-order valence-corrected chi connectivity index (χ0v) is 20.5. The lowest BCUT2D eigenvalue weighted by atomic mass is 10.1. The van der Waals surface area contributed by atoms with Gasteiger partial charge in [-0.25, -0.2) is 8.42 Å². The van der Waals surface area contributed by atoms with Gasteiger partial charge in [-0.3, -0.25) is 13.9 Å². The molecule has 0 aromatic heterocycles. The van der Waals surface area contributed by atoms with E-state index in [9.17, 15) is 18.0 Å². The molecule has 10 heteroatoms. The van der Waals surface area contributed by atoms with Crippen molar-refractivity contribution >= 4 is 50.7 Å². The SMILES string of the molecule is CCCNC(=O)C(C)N(Cc1ccccc1)C(=O)CN(c1cc(Cl)cc(Cl)c1)S(C)(=O)=O. The Morgan fingerprint density at radius 2 is 1.66 bits per heavy atom. The maximum Gasteiger partial charge on any atom is 0.244 e. The number of carbonyl (C=O) groups is 2. The third kappa shape index (κ3) is 7.39. The molecule has 2 rings (SSSR count). The quantitative estimate of drug-likeness (QED) is 0.539. The van der Waals surface area contributed by atoms with Crippen molar-refractivity contribution in [2.75, 3.05) is 23.7 Å². The molecular formula is C22H27Cl2N3O4S. The number of hydrogen-bond acceptors (Lipinski definition) is 4. The molecular weight excluding hydrogens is 473 g/mol. The number of amides is 2. The first kappa shape index (κ1) is 26.0. The van der Waals surface area contributed by atoms with E-state index in [4.69, 9.17) is 23.2 Å². The van der Waals surface area contributed by atoms with Gasteiger partial charge in [-0.2, -0.15) is 0 Å². The highest BCUT2D eigenvalue weighted by molar-refractivity contribution is 7.92. The lowest BCUT2D eigenvalue weighted by molar-refractivity contribution is -0.139. The molecule has 0 aliphatic rings. The van der Waals surface area contributed by atoms with E-state index in [2.05, 4.69) is 5.32 Å². The fraction of sp³-hybridized carbons (Fsp3) is 0.364. The summed E-state index contributed by atoms with van der Waals surface area (Å²) in [6.45, 7) is 3.67. The van der Waals surface area contributed by atoms with Crippen molar-refractivity contribution in [2.24, 2.45) is 0 Å². The first-order chi connectivity index (χ1) is 15.0. The van der Waals surface area contributed by atoms with Crippen molar-refractivity contribution in [3.05, 3.63) is 64.1 Å². The van der Waals surface area contributed by atoms with E-state index in [1.807, 2.05) is 37.3 Å². The number of anilines is 1. The Bertz CT molecular complexity index is 1030. The Morgan fingerprint density at radius 1 is 1.06 bits per heavy atom. The summed E-state index contributed by atoms with van der Waals surface area (Å²) >= 11 is 12.1. The molecule has 1 unspecified atom stereocenters. The maximum atomic E-state index is 13.3. The van der Waals surface area contributed by atoms with Gasteiger partial charge in [-0.05, 0) is 37.1 Å². The van der Waals surface area contributed by atoms with Gasteiger partial charge in [0.15, 0.2) is 0 Å². The van der Waals surface area contributed by atoms with E-state index in [0.29, 0.717) is 6.54 Å². The van der Waals surface area contributed by atoms with Gasteiger partial charge in [0.05, 0.1) is 11.9 Å². The highest BCUT2D eigenvalue weighted by atomic mass is 35.5. The third-order valence-corrected chi connectivity index (χ3v) is 6.30. The lowest BCUT2D eigenvalue weighted by Gasteiger charge is -2.31. The average Bonchev–Trinajstić information content (AvgIpc) is 2.72. The summed E-state index contributed by atoms with van der Waals surface area (Å²) in [6.07, 6.45) is 1.75. The van der Waals surface area contributed by atoms with Crippen molar-refractivity contribution in [3.8, 4) is 0 Å². The summed E-state index contributed by atoms with van der Waals surface area (Å²) in [5.74, 6) is -0.845. The summed E-state index contributed by atoms with van der Waals surface area (Å²) in [7, 11) is -3.85. The van der Waals surface area contributed by atoms with E-state index in [1.165, 1.54) is 23.1 Å². The Kier molecular flexibility index (Phi) is 9.36. The van der Waals surface area contributed by atoms with Crippen LogP contribution >= 0.6 is 23.2 Å². The fourth-order valence-electron chi connectivity index (χ4n) is 3.06.